The highest BCUT2D eigenvalue weighted by Gasteiger charge is 2.15. The molecule has 0 amide bonds. The lowest BCUT2D eigenvalue weighted by molar-refractivity contribution is -0.119. The van der Waals surface area contributed by atoms with Crippen molar-refractivity contribution in [2.45, 2.75) is 52.4 Å². The van der Waals surface area contributed by atoms with Crippen molar-refractivity contribution in [1.82, 2.24) is 0 Å². The van der Waals surface area contributed by atoms with Crippen LogP contribution in [0, 0.1) is 5.92 Å². The molecule has 3 heteroatoms. The lowest BCUT2D eigenvalue weighted by atomic mass is 9.91. The van der Waals surface area contributed by atoms with Crippen molar-refractivity contribution >= 4 is 5.78 Å². The molecule has 3 nitrogen and oxygen atoms in total. The Hall–Kier alpha value is -1.51. The van der Waals surface area contributed by atoms with Crippen molar-refractivity contribution in [3.8, 4) is 11.5 Å². The lowest BCUT2D eigenvalue weighted by Gasteiger charge is -2.15. The summed E-state index contributed by atoms with van der Waals surface area (Å²) < 4.78 is 10.5. The molecule has 0 heterocycles. The largest absolute Gasteiger partial charge is 0.497 e. The van der Waals surface area contributed by atoms with Crippen molar-refractivity contribution in [2.24, 2.45) is 5.92 Å². The molecule has 0 fully saturated rings. The molecule has 0 saturated carbocycles. The van der Waals surface area contributed by atoms with Crippen LogP contribution in [0.2, 0.25) is 0 Å². The number of benzene rings is 1. The SMILES string of the molecule is CCCC(CCC)CC(=O)Cc1ccc(OC)cc1OC. The van der Waals surface area contributed by atoms with Gasteiger partial charge in [0.15, 0.2) is 0 Å². The van der Waals surface area contributed by atoms with Crippen molar-refractivity contribution in [3.05, 3.63) is 23.8 Å². The van der Waals surface area contributed by atoms with Gasteiger partial charge in [-0.2, -0.15) is 0 Å². The maximum Gasteiger partial charge on any atom is 0.137 e. The van der Waals surface area contributed by atoms with Gasteiger partial charge in [0.1, 0.15) is 17.3 Å². The molecule has 1 rings (SSSR count). The molecular weight excluding hydrogens is 264 g/mol. The standard InChI is InChI=1S/C18H28O3/c1-5-7-14(8-6-2)11-16(19)12-15-9-10-17(20-3)13-18(15)21-4/h9-10,13-14H,5-8,11-12H2,1-4H3. The van der Waals surface area contributed by atoms with Crippen molar-refractivity contribution in [1.29, 1.82) is 0 Å². The molecule has 1 aromatic carbocycles. The highest BCUT2D eigenvalue weighted by atomic mass is 16.5. The van der Waals surface area contributed by atoms with E-state index in [0.717, 1.165) is 42.7 Å². The predicted octanol–water partition coefficient (Wildman–Crippen LogP) is 4.42. The van der Waals surface area contributed by atoms with Crippen LogP contribution in [0.1, 0.15) is 51.5 Å². The highest BCUT2D eigenvalue weighted by molar-refractivity contribution is 5.81. The van der Waals surface area contributed by atoms with E-state index in [-0.39, 0.29) is 0 Å². The summed E-state index contributed by atoms with van der Waals surface area (Å²) in [7, 11) is 3.25. The minimum Gasteiger partial charge on any atom is -0.497 e. The number of Topliss-reactive ketones (excluding diaryl/α,β-unsaturated/α-hetero) is 1. The average Bonchev–Trinajstić information content (AvgIpc) is 2.48. The van der Waals surface area contributed by atoms with Gasteiger partial charge in [-0.15, -0.1) is 0 Å². The first-order chi connectivity index (χ1) is 10.1. The van der Waals surface area contributed by atoms with Gasteiger partial charge in [-0.3, -0.25) is 4.79 Å². The molecule has 21 heavy (non-hydrogen) atoms. The van der Waals surface area contributed by atoms with E-state index < -0.39 is 0 Å². The van der Waals surface area contributed by atoms with Gasteiger partial charge in [-0.05, 0) is 12.0 Å². The summed E-state index contributed by atoms with van der Waals surface area (Å²) in [6, 6.07) is 5.63. The van der Waals surface area contributed by atoms with Gasteiger partial charge in [0.25, 0.3) is 0 Å². The number of hydrogen-bond donors (Lipinski definition) is 0. The summed E-state index contributed by atoms with van der Waals surface area (Å²) in [5.41, 5.74) is 0.940. The smallest absolute Gasteiger partial charge is 0.137 e. The van der Waals surface area contributed by atoms with E-state index in [0.29, 0.717) is 24.5 Å². The second kappa shape index (κ2) is 9.43. The van der Waals surface area contributed by atoms with Crippen LogP contribution in [0.25, 0.3) is 0 Å². The van der Waals surface area contributed by atoms with Crippen LogP contribution in [0.15, 0.2) is 18.2 Å². The van der Waals surface area contributed by atoms with E-state index in [9.17, 15) is 4.79 Å². The summed E-state index contributed by atoms with van der Waals surface area (Å²) in [5.74, 6) is 2.30. The highest BCUT2D eigenvalue weighted by Crippen LogP contribution is 2.26. The number of ether oxygens (including phenoxy) is 2. The Morgan fingerprint density at radius 3 is 2.29 bits per heavy atom. The lowest BCUT2D eigenvalue weighted by Crippen LogP contribution is -2.11. The Balaban J connectivity index is 2.69. The zero-order valence-electron chi connectivity index (χ0n) is 13.8. The van der Waals surface area contributed by atoms with Gasteiger partial charge in [-0.1, -0.05) is 45.6 Å². The summed E-state index contributed by atoms with van der Waals surface area (Å²) >= 11 is 0. The second-order valence-corrected chi connectivity index (χ2v) is 5.54. The fourth-order valence-electron chi connectivity index (χ4n) is 2.77. The molecule has 0 unspecified atom stereocenters. The minimum absolute atomic E-state index is 0.297. The van der Waals surface area contributed by atoms with E-state index >= 15 is 0 Å². The van der Waals surface area contributed by atoms with E-state index in [1.54, 1.807) is 14.2 Å². The minimum atomic E-state index is 0.297. The third-order valence-electron chi connectivity index (χ3n) is 3.79. The molecule has 0 aliphatic heterocycles. The van der Waals surface area contributed by atoms with Crippen LogP contribution < -0.4 is 9.47 Å². The van der Waals surface area contributed by atoms with Crippen LogP contribution in [-0.4, -0.2) is 20.0 Å². The summed E-state index contributed by atoms with van der Waals surface area (Å²) in [6.07, 6.45) is 5.68. The molecule has 0 radical (unpaired) electrons. The van der Waals surface area contributed by atoms with Crippen LogP contribution in [0.3, 0.4) is 0 Å². The molecule has 0 aliphatic carbocycles. The molecular formula is C18H28O3. The van der Waals surface area contributed by atoms with Gasteiger partial charge in [0, 0.05) is 24.5 Å². The van der Waals surface area contributed by atoms with Crippen molar-refractivity contribution in [2.75, 3.05) is 14.2 Å². The number of methoxy groups -OCH3 is 2. The van der Waals surface area contributed by atoms with Crippen molar-refractivity contribution in [3.63, 3.8) is 0 Å². The molecule has 0 saturated heterocycles. The van der Waals surface area contributed by atoms with Crippen LogP contribution in [-0.2, 0) is 11.2 Å². The quantitative estimate of drug-likeness (QED) is 0.640. The monoisotopic (exact) mass is 292 g/mol. The molecule has 0 aliphatic rings. The third-order valence-corrected chi connectivity index (χ3v) is 3.79. The topological polar surface area (TPSA) is 35.5 Å². The van der Waals surface area contributed by atoms with Gasteiger partial charge in [0.05, 0.1) is 14.2 Å². The fraction of sp³-hybridized carbons (Fsp3) is 0.611. The zero-order chi connectivity index (χ0) is 15.7. The third kappa shape index (κ3) is 5.78. The maximum atomic E-state index is 12.3. The molecule has 0 spiro atoms. The van der Waals surface area contributed by atoms with E-state index in [1.807, 2.05) is 18.2 Å². The summed E-state index contributed by atoms with van der Waals surface area (Å²) in [5, 5.41) is 0. The number of carbonyl (C=O) groups is 1. The molecule has 1 aromatic rings. The molecule has 118 valence electrons. The van der Waals surface area contributed by atoms with Gasteiger partial charge >= 0.3 is 0 Å². The molecule has 0 aromatic heterocycles. The van der Waals surface area contributed by atoms with E-state index in [2.05, 4.69) is 13.8 Å². The molecule has 0 bridgehead atoms. The van der Waals surface area contributed by atoms with Crippen LogP contribution >= 0.6 is 0 Å². The van der Waals surface area contributed by atoms with Crippen LogP contribution in [0.4, 0.5) is 0 Å². The zero-order valence-corrected chi connectivity index (χ0v) is 13.8. The fourth-order valence-corrected chi connectivity index (χ4v) is 2.77. The van der Waals surface area contributed by atoms with E-state index in [4.69, 9.17) is 9.47 Å². The predicted molar refractivity (Wildman–Crippen MR) is 86.2 cm³/mol. The van der Waals surface area contributed by atoms with Gasteiger partial charge < -0.3 is 9.47 Å². The first-order valence-corrected chi connectivity index (χ1v) is 7.87. The number of carbonyl (C=O) groups excluding carboxylic acids is 1. The first-order valence-electron chi connectivity index (χ1n) is 7.87. The maximum absolute atomic E-state index is 12.3. The number of ketones is 1. The number of rotatable bonds is 10. The Bertz CT molecular complexity index is 434. The Labute approximate surface area is 128 Å². The van der Waals surface area contributed by atoms with Crippen molar-refractivity contribution < 1.29 is 14.3 Å². The average molecular weight is 292 g/mol. The van der Waals surface area contributed by atoms with Crippen LogP contribution in [0.5, 0.6) is 11.5 Å². The summed E-state index contributed by atoms with van der Waals surface area (Å²) in [4.78, 5) is 12.3. The normalized spacial score (nSPS) is 10.7. The molecule has 0 N–H and O–H groups in total. The molecule has 0 atom stereocenters. The van der Waals surface area contributed by atoms with Gasteiger partial charge in [0.2, 0.25) is 0 Å². The first kappa shape index (κ1) is 17.5. The Morgan fingerprint density at radius 2 is 1.76 bits per heavy atom. The van der Waals surface area contributed by atoms with E-state index in [1.165, 1.54) is 0 Å². The Morgan fingerprint density at radius 1 is 1.10 bits per heavy atom. The number of hydrogen-bond acceptors (Lipinski definition) is 3. The Kier molecular flexibility index (Phi) is 7.88. The second-order valence-electron chi connectivity index (χ2n) is 5.54. The summed E-state index contributed by atoms with van der Waals surface area (Å²) in [6.45, 7) is 4.36. The van der Waals surface area contributed by atoms with Gasteiger partial charge in [-0.25, -0.2) is 0 Å².